The number of carbonyl (C=O) groups is 2. The lowest BCUT2D eigenvalue weighted by Crippen LogP contribution is -2.68. The first kappa shape index (κ1) is 17.2. The third-order valence-electron chi connectivity index (χ3n) is 4.13. The summed E-state index contributed by atoms with van der Waals surface area (Å²) >= 11 is 1.43. The van der Waals surface area contributed by atoms with Gasteiger partial charge >= 0.3 is 5.97 Å². The van der Waals surface area contributed by atoms with E-state index in [9.17, 15) is 14.7 Å². The Balaban J connectivity index is 1.56. The Morgan fingerprint density at radius 2 is 2.25 bits per heavy atom. The van der Waals surface area contributed by atoms with Gasteiger partial charge in [-0.15, -0.1) is 11.8 Å². The second-order valence-corrected chi connectivity index (χ2v) is 6.74. The van der Waals surface area contributed by atoms with Crippen LogP contribution in [-0.2, 0) is 19.2 Å². The van der Waals surface area contributed by atoms with Gasteiger partial charge in [0.25, 0.3) is 0 Å². The summed E-state index contributed by atoms with van der Waals surface area (Å²) in [5, 5.41) is 12.9. The Morgan fingerprint density at radius 3 is 2.96 bits per heavy atom. The van der Waals surface area contributed by atoms with E-state index in [2.05, 4.69) is 10.1 Å². The predicted octanol–water partition coefficient (Wildman–Crippen LogP) is -1.10. The number of oxime groups is 1. The number of amides is 1. The van der Waals surface area contributed by atoms with Crippen LogP contribution in [0.2, 0.25) is 0 Å². The molecule has 1 amide bonds. The molecule has 24 heavy (non-hydrogen) atoms. The molecule has 3 heterocycles. The van der Waals surface area contributed by atoms with E-state index >= 15 is 0 Å². The number of carboxylic acid groups (broad SMARTS) is 1. The molecule has 132 valence electrons. The summed E-state index contributed by atoms with van der Waals surface area (Å²) in [6.45, 7) is 4.34. The van der Waals surface area contributed by atoms with Gasteiger partial charge in [0.15, 0.2) is 0 Å². The molecule has 2 fully saturated rings. The summed E-state index contributed by atoms with van der Waals surface area (Å²) in [7, 11) is 0. The van der Waals surface area contributed by atoms with Crippen molar-refractivity contribution in [3.63, 3.8) is 0 Å². The molecule has 2 atom stereocenters. The molecule has 3 aliphatic heterocycles. The quantitative estimate of drug-likeness (QED) is 0.267. The highest BCUT2D eigenvalue weighted by Gasteiger charge is 2.51. The molecule has 0 aromatic heterocycles. The number of ether oxygens (including phenoxy) is 1. The maximum Gasteiger partial charge on any atom is 0.353 e. The zero-order valence-corrected chi connectivity index (χ0v) is 13.9. The lowest BCUT2D eigenvalue weighted by Gasteiger charge is -2.47. The minimum atomic E-state index is -1.16. The van der Waals surface area contributed by atoms with Crippen LogP contribution in [0.15, 0.2) is 16.4 Å². The molecule has 0 aliphatic carbocycles. The van der Waals surface area contributed by atoms with Gasteiger partial charge in [0, 0.05) is 31.0 Å². The van der Waals surface area contributed by atoms with Crippen molar-refractivity contribution in [1.82, 2.24) is 9.80 Å². The van der Waals surface area contributed by atoms with Crippen molar-refractivity contribution in [2.24, 2.45) is 10.9 Å². The van der Waals surface area contributed by atoms with Crippen LogP contribution in [0.1, 0.15) is 0 Å². The van der Waals surface area contributed by atoms with Gasteiger partial charge in [-0.3, -0.25) is 14.6 Å². The van der Waals surface area contributed by atoms with Crippen molar-refractivity contribution in [3.05, 3.63) is 11.3 Å². The molecule has 3 N–H and O–H groups in total. The lowest BCUT2D eigenvalue weighted by atomic mass is 10.0. The second kappa shape index (κ2) is 7.51. The van der Waals surface area contributed by atoms with E-state index in [0.29, 0.717) is 17.9 Å². The molecule has 9 nitrogen and oxygen atoms in total. The maximum absolute atomic E-state index is 11.8. The Hall–Kier alpha value is -1.62. The van der Waals surface area contributed by atoms with Gasteiger partial charge < -0.3 is 20.4 Å². The van der Waals surface area contributed by atoms with Crippen LogP contribution in [0.4, 0.5) is 0 Å². The van der Waals surface area contributed by atoms with E-state index in [0.717, 1.165) is 32.8 Å². The van der Waals surface area contributed by atoms with Crippen LogP contribution in [-0.4, -0.2) is 89.6 Å². The predicted molar refractivity (Wildman–Crippen MR) is 87.4 cm³/mol. The van der Waals surface area contributed by atoms with Gasteiger partial charge in [0.05, 0.1) is 19.4 Å². The van der Waals surface area contributed by atoms with Crippen molar-refractivity contribution in [2.75, 3.05) is 45.2 Å². The highest BCUT2D eigenvalue weighted by atomic mass is 32.2. The fourth-order valence-corrected chi connectivity index (χ4v) is 4.03. The van der Waals surface area contributed by atoms with E-state index < -0.39 is 12.0 Å². The van der Waals surface area contributed by atoms with Crippen LogP contribution >= 0.6 is 11.8 Å². The fourth-order valence-electron chi connectivity index (χ4n) is 2.79. The average Bonchev–Trinajstić information content (AvgIpc) is 2.60. The van der Waals surface area contributed by atoms with Gasteiger partial charge in [-0.1, -0.05) is 5.16 Å². The van der Waals surface area contributed by atoms with E-state index in [1.54, 1.807) is 0 Å². The van der Waals surface area contributed by atoms with Crippen molar-refractivity contribution in [3.8, 4) is 0 Å². The third-order valence-corrected chi connectivity index (χ3v) is 5.45. The van der Waals surface area contributed by atoms with Crippen LogP contribution in [0.3, 0.4) is 0 Å². The van der Waals surface area contributed by atoms with Crippen LogP contribution in [0.5, 0.6) is 0 Å². The Bertz CT molecular complexity index is 576. The summed E-state index contributed by atoms with van der Waals surface area (Å²) in [4.78, 5) is 31.9. The molecule has 0 aromatic carbocycles. The van der Waals surface area contributed by atoms with Gasteiger partial charge in [-0.2, -0.15) is 0 Å². The standard InChI is InChI=1S/C14H20N4O5S/c15-10-12(19)18-11(14(20)21)9(8-24-13(10)18)7-16-23-6-3-17-1-4-22-5-2-17/h7,10,13H,1-6,8,15H2,(H,20,21)/t10-,13+/m1/s1. The van der Waals surface area contributed by atoms with Crippen LogP contribution in [0.25, 0.3) is 0 Å². The number of rotatable bonds is 6. The third kappa shape index (κ3) is 3.41. The minimum Gasteiger partial charge on any atom is -0.477 e. The number of hydrogen-bond donors (Lipinski definition) is 2. The van der Waals surface area contributed by atoms with Crippen molar-refractivity contribution < 1.29 is 24.3 Å². The minimum absolute atomic E-state index is 0.0500. The molecule has 0 radical (unpaired) electrons. The Morgan fingerprint density at radius 1 is 1.50 bits per heavy atom. The number of β-lactam (4-membered cyclic amide) rings is 1. The topological polar surface area (TPSA) is 118 Å². The summed E-state index contributed by atoms with van der Waals surface area (Å²) < 4.78 is 5.26. The highest BCUT2D eigenvalue weighted by Crippen LogP contribution is 2.38. The van der Waals surface area contributed by atoms with Gasteiger partial charge in [0.2, 0.25) is 5.91 Å². The van der Waals surface area contributed by atoms with E-state index in [1.165, 1.54) is 22.9 Å². The molecule has 0 saturated carbocycles. The zero-order valence-electron chi connectivity index (χ0n) is 13.1. The normalized spacial score (nSPS) is 28.0. The largest absolute Gasteiger partial charge is 0.477 e. The molecule has 2 saturated heterocycles. The number of nitrogens with two attached hydrogens (primary N) is 1. The first-order valence-electron chi connectivity index (χ1n) is 7.71. The molecule has 0 bridgehead atoms. The second-order valence-electron chi connectivity index (χ2n) is 5.64. The number of thioether (sulfide) groups is 1. The van der Waals surface area contributed by atoms with Gasteiger partial charge in [-0.05, 0) is 0 Å². The number of morpholine rings is 1. The first-order valence-corrected chi connectivity index (χ1v) is 8.76. The van der Waals surface area contributed by atoms with E-state index in [4.69, 9.17) is 15.3 Å². The molecule has 0 unspecified atom stereocenters. The number of carbonyl (C=O) groups excluding carboxylic acids is 1. The molecule has 10 heteroatoms. The van der Waals surface area contributed by atoms with Crippen molar-refractivity contribution in [1.29, 1.82) is 0 Å². The Kier molecular flexibility index (Phi) is 5.39. The van der Waals surface area contributed by atoms with Crippen molar-refractivity contribution >= 4 is 29.9 Å². The molecule has 0 spiro atoms. The van der Waals surface area contributed by atoms with Crippen LogP contribution < -0.4 is 5.73 Å². The van der Waals surface area contributed by atoms with Gasteiger partial charge in [0.1, 0.15) is 23.7 Å². The Labute approximate surface area is 143 Å². The lowest BCUT2D eigenvalue weighted by molar-refractivity contribution is -0.147. The van der Waals surface area contributed by atoms with Crippen LogP contribution in [0, 0.1) is 0 Å². The summed E-state index contributed by atoms with van der Waals surface area (Å²) in [5.41, 5.74) is 6.10. The fraction of sp³-hybridized carbons (Fsp3) is 0.643. The molecular weight excluding hydrogens is 336 g/mol. The van der Waals surface area contributed by atoms with Gasteiger partial charge in [-0.25, -0.2) is 4.79 Å². The molecule has 3 rings (SSSR count). The van der Waals surface area contributed by atoms with E-state index in [1.807, 2.05) is 0 Å². The average molecular weight is 356 g/mol. The number of aliphatic carboxylic acids is 1. The molecular formula is C14H20N4O5S. The number of carboxylic acids is 1. The SMILES string of the molecule is N[C@@H]1C(=O)N2C(C(=O)O)=C(C=NOCCN3CCOCC3)CS[C@@H]12. The number of fused-ring (bicyclic) bond motifs is 1. The zero-order chi connectivity index (χ0) is 17.1. The smallest absolute Gasteiger partial charge is 0.353 e. The monoisotopic (exact) mass is 356 g/mol. The van der Waals surface area contributed by atoms with Crippen molar-refractivity contribution in [2.45, 2.75) is 11.4 Å². The number of nitrogens with zero attached hydrogens (tertiary/aromatic N) is 3. The summed E-state index contributed by atoms with van der Waals surface area (Å²) in [5.74, 6) is -1.10. The molecule has 3 aliphatic rings. The molecule has 0 aromatic rings. The first-order chi connectivity index (χ1) is 11.6. The highest BCUT2D eigenvalue weighted by molar-refractivity contribution is 8.00. The number of hydrogen-bond acceptors (Lipinski definition) is 8. The van der Waals surface area contributed by atoms with E-state index in [-0.39, 0.29) is 17.0 Å². The summed E-state index contributed by atoms with van der Waals surface area (Å²) in [6.07, 6.45) is 1.38. The maximum atomic E-state index is 11.8. The summed E-state index contributed by atoms with van der Waals surface area (Å²) in [6, 6.07) is -0.632.